The van der Waals surface area contributed by atoms with Crippen molar-refractivity contribution >= 4 is 45.4 Å². The molecule has 5 aromatic carbocycles. The van der Waals surface area contributed by atoms with Gasteiger partial charge in [0.1, 0.15) is 0 Å². The minimum Gasteiger partial charge on any atom is -0.341 e. The predicted molar refractivity (Wildman–Crippen MR) is 308 cm³/mol. The summed E-state index contributed by atoms with van der Waals surface area (Å²) in [6, 6.07) is 45.6. The summed E-state index contributed by atoms with van der Waals surface area (Å²) in [6.07, 6.45) is 48.8. The number of nitrogens with zero attached hydrogens (tertiary/aromatic N) is 4. The average Bonchev–Trinajstić information content (AvgIpc) is 4.21. The molecule has 0 amide bonds. The normalized spacial score (nSPS) is 21.6. The SMILES string of the molecule is CC1=CC2(N(C3=CC=CCC(C)=C3)c3ccc(N(c4ccc(C5=CC(CN(C6=CC=CCC=C6)c6ccc(N(c7cccc(C)c7)c7cccc(C)c7)cc6)CC=C5)cc4)C4C=CC=CC4)cc3)CC2C=C1. The van der Waals surface area contributed by atoms with Crippen molar-refractivity contribution in [2.45, 2.75) is 71.4 Å². The van der Waals surface area contributed by atoms with Crippen molar-refractivity contribution in [1.82, 2.24) is 0 Å². The summed E-state index contributed by atoms with van der Waals surface area (Å²) in [5.74, 6) is 0.826. The lowest BCUT2D eigenvalue weighted by Crippen LogP contribution is -2.37. The third kappa shape index (κ3) is 9.92. The number of fused-ring (bicyclic) bond motifs is 1. The molecule has 6 aliphatic rings. The van der Waals surface area contributed by atoms with E-state index in [1.165, 1.54) is 67.6 Å². The highest BCUT2D eigenvalue weighted by molar-refractivity contribution is 5.80. The Balaban J connectivity index is 0.864. The second-order valence-electron chi connectivity index (χ2n) is 20.5. The van der Waals surface area contributed by atoms with Gasteiger partial charge in [-0.1, -0.05) is 139 Å². The van der Waals surface area contributed by atoms with E-state index in [-0.39, 0.29) is 11.6 Å². The van der Waals surface area contributed by atoms with Gasteiger partial charge in [-0.05, 0) is 197 Å². The maximum absolute atomic E-state index is 2.61. The third-order valence-corrected chi connectivity index (χ3v) is 14.9. The van der Waals surface area contributed by atoms with E-state index in [1.54, 1.807) is 0 Å². The molecule has 1 saturated carbocycles. The van der Waals surface area contributed by atoms with Gasteiger partial charge in [-0.15, -0.1) is 0 Å². The highest BCUT2D eigenvalue weighted by Crippen LogP contribution is 2.56. The van der Waals surface area contributed by atoms with Crippen molar-refractivity contribution in [1.29, 1.82) is 0 Å². The van der Waals surface area contributed by atoms with Crippen LogP contribution in [0, 0.1) is 25.7 Å². The van der Waals surface area contributed by atoms with E-state index in [1.807, 2.05) is 0 Å². The fourth-order valence-electron chi connectivity index (χ4n) is 11.3. The number of allylic oxidation sites excluding steroid dienone is 17. The largest absolute Gasteiger partial charge is 0.341 e. The van der Waals surface area contributed by atoms with Crippen LogP contribution in [-0.4, -0.2) is 18.1 Å². The van der Waals surface area contributed by atoms with Crippen molar-refractivity contribution in [3.05, 3.63) is 276 Å². The molecule has 0 aromatic heterocycles. The molecule has 4 atom stereocenters. The Morgan fingerprint density at radius 3 is 1.96 bits per heavy atom. The Labute approximate surface area is 428 Å². The zero-order valence-electron chi connectivity index (χ0n) is 42.3. The number of hydrogen-bond acceptors (Lipinski definition) is 4. The highest BCUT2D eigenvalue weighted by atomic mass is 15.3. The Bertz CT molecular complexity index is 3150. The lowest BCUT2D eigenvalue weighted by atomic mass is 9.91. The number of hydrogen-bond donors (Lipinski definition) is 0. The second-order valence-corrected chi connectivity index (χ2v) is 20.5. The fourth-order valence-corrected chi connectivity index (χ4v) is 11.3. The standard InChI is InChI=1S/C68H66N4/c1-50-17-12-13-26-67(45-50)72(68-47-53(4)29-32-57(68)48-68)64-41-39-62(40-42-64)70(60-24-10-7-11-25-60)61-33-30-55(31-34-61)56-21-16-20-54(46-56)49-69(58-22-8-5-6-9-23-58)59-35-37-63(38-36-59)71(65-27-14-18-51(2)43-65)66-28-15-19-52(3)44-66/h5,7-16,18-19,21-24,26-47,54,57,60H,6,17,20,25,48-49H2,1-4H3. The highest BCUT2D eigenvalue weighted by Gasteiger charge is 2.57. The molecule has 0 bridgehead atoms. The van der Waals surface area contributed by atoms with Gasteiger partial charge in [0, 0.05) is 63.7 Å². The van der Waals surface area contributed by atoms with Crippen LogP contribution in [-0.2, 0) is 0 Å². The van der Waals surface area contributed by atoms with Crippen LogP contribution < -0.4 is 19.6 Å². The molecular formula is C68H66N4. The maximum atomic E-state index is 2.61. The van der Waals surface area contributed by atoms with Crippen molar-refractivity contribution in [2.75, 3.05) is 26.1 Å². The Hall–Kier alpha value is -7.82. The van der Waals surface area contributed by atoms with E-state index < -0.39 is 0 Å². The van der Waals surface area contributed by atoms with Gasteiger partial charge in [0.15, 0.2) is 0 Å². The molecule has 72 heavy (non-hydrogen) atoms. The first-order valence-electron chi connectivity index (χ1n) is 26.1. The Morgan fingerprint density at radius 2 is 1.24 bits per heavy atom. The van der Waals surface area contributed by atoms with E-state index in [9.17, 15) is 0 Å². The Kier molecular flexibility index (Phi) is 13.3. The molecule has 0 heterocycles. The molecule has 0 N–H and O–H groups in total. The zero-order chi connectivity index (χ0) is 49.0. The molecule has 4 nitrogen and oxygen atoms in total. The molecule has 4 unspecified atom stereocenters. The summed E-state index contributed by atoms with van der Waals surface area (Å²) < 4.78 is 0. The maximum Gasteiger partial charge on any atom is 0.0709 e. The molecule has 0 aliphatic heterocycles. The van der Waals surface area contributed by atoms with Crippen LogP contribution in [0.2, 0.25) is 0 Å². The van der Waals surface area contributed by atoms with Gasteiger partial charge < -0.3 is 19.6 Å². The van der Waals surface area contributed by atoms with E-state index >= 15 is 0 Å². The molecule has 6 aliphatic carbocycles. The lowest BCUT2D eigenvalue weighted by molar-refractivity contribution is 0.650. The molecule has 358 valence electrons. The second kappa shape index (κ2) is 20.5. The molecule has 0 spiro atoms. The van der Waals surface area contributed by atoms with Crippen LogP contribution in [0.5, 0.6) is 0 Å². The van der Waals surface area contributed by atoms with Crippen molar-refractivity contribution < 1.29 is 0 Å². The molecule has 1 fully saturated rings. The minimum atomic E-state index is -0.0354. The summed E-state index contributed by atoms with van der Waals surface area (Å²) in [6.45, 7) is 9.67. The van der Waals surface area contributed by atoms with Gasteiger partial charge in [-0.3, -0.25) is 0 Å². The first-order chi connectivity index (χ1) is 35.3. The van der Waals surface area contributed by atoms with E-state index in [0.717, 1.165) is 55.7 Å². The van der Waals surface area contributed by atoms with E-state index in [0.29, 0.717) is 11.8 Å². The molecule has 5 aromatic rings. The minimum absolute atomic E-state index is 0.0354. The van der Waals surface area contributed by atoms with Crippen molar-refractivity contribution in [3.8, 4) is 0 Å². The number of aryl methyl sites for hydroxylation is 2. The summed E-state index contributed by atoms with van der Waals surface area (Å²) in [7, 11) is 0. The van der Waals surface area contributed by atoms with Crippen LogP contribution in [0.25, 0.3) is 5.57 Å². The Morgan fingerprint density at radius 1 is 0.556 bits per heavy atom. The zero-order valence-corrected chi connectivity index (χ0v) is 42.3. The number of benzene rings is 5. The average molecular weight is 939 g/mol. The van der Waals surface area contributed by atoms with E-state index in [4.69, 9.17) is 0 Å². The molecule has 11 rings (SSSR count). The summed E-state index contributed by atoms with van der Waals surface area (Å²) in [5.41, 5.74) is 18.4. The number of rotatable bonds is 14. The van der Waals surface area contributed by atoms with Crippen molar-refractivity contribution in [3.63, 3.8) is 0 Å². The van der Waals surface area contributed by atoms with Crippen LogP contribution in [0.4, 0.5) is 39.8 Å². The number of anilines is 7. The van der Waals surface area contributed by atoms with Crippen LogP contribution in [0.15, 0.2) is 259 Å². The quantitative estimate of drug-likeness (QED) is 0.110. The van der Waals surface area contributed by atoms with Crippen molar-refractivity contribution in [2.24, 2.45) is 11.8 Å². The molecular weight excluding hydrogens is 873 g/mol. The van der Waals surface area contributed by atoms with Gasteiger partial charge in [0.2, 0.25) is 0 Å². The lowest BCUT2D eigenvalue weighted by Gasteiger charge is -2.37. The molecule has 0 saturated heterocycles. The van der Waals surface area contributed by atoms with Gasteiger partial charge in [-0.2, -0.15) is 0 Å². The van der Waals surface area contributed by atoms with Gasteiger partial charge in [0.05, 0.1) is 11.6 Å². The van der Waals surface area contributed by atoms with Gasteiger partial charge in [0.25, 0.3) is 0 Å². The summed E-state index contributed by atoms with van der Waals surface area (Å²) in [5, 5.41) is 0. The topological polar surface area (TPSA) is 13.0 Å². The predicted octanol–water partition coefficient (Wildman–Crippen LogP) is 17.5. The van der Waals surface area contributed by atoms with Crippen LogP contribution in [0.3, 0.4) is 0 Å². The van der Waals surface area contributed by atoms with E-state index in [2.05, 4.69) is 284 Å². The third-order valence-electron chi connectivity index (χ3n) is 14.9. The summed E-state index contributed by atoms with van der Waals surface area (Å²) in [4.78, 5) is 9.99. The van der Waals surface area contributed by atoms with Gasteiger partial charge in [-0.25, -0.2) is 0 Å². The monoisotopic (exact) mass is 939 g/mol. The first-order valence-corrected chi connectivity index (χ1v) is 26.1. The van der Waals surface area contributed by atoms with Crippen LogP contribution >= 0.6 is 0 Å². The first kappa shape index (κ1) is 46.6. The van der Waals surface area contributed by atoms with Crippen LogP contribution in [0.1, 0.15) is 62.6 Å². The van der Waals surface area contributed by atoms with Gasteiger partial charge >= 0.3 is 0 Å². The summed E-state index contributed by atoms with van der Waals surface area (Å²) >= 11 is 0. The smallest absolute Gasteiger partial charge is 0.0709 e. The fraction of sp³-hybridized carbons (Fsp3) is 0.206. The molecule has 4 heteroatoms. The molecule has 0 radical (unpaired) electrons.